The van der Waals surface area contributed by atoms with Crippen LogP contribution in [0.1, 0.15) is 24.1 Å². The molecule has 0 bridgehead atoms. The van der Waals surface area contributed by atoms with E-state index in [0.29, 0.717) is 22.1 Å². The van der Waals surface area contributed by atoms with Gasteiger partial charge in [0.05, 0.1) is 23.6 Å². The zero-order chi connectivity index (χ0) is 22.1. The standard InChI is InChI=1S/C21H23N3O4S2/c1-13-5-11-17(12-6-13)30(26,27)23-16-9-7-15(8-10-16)19-18(20(25)28-4)14(2)24(3)21(29)22-19/h5-12,19,23H,1-4H3,(H,22,29). The van der Waals surface area contributed by atoms with Gasteiger partial charge in [0.1, 0.15) is 0 Å². The number of thiocarbonyl (C=S) groups is 1. The Bertz CT molecular complexity index is 1110. The number of allylic oxidation sites excluding steroid dienone is 1. The predicted molar refractivity (Wildman–Crippen MR) is 119 cm³/mol. The Labute approximate surface area is 181 Å². The lowest BCUT2D eigenvalue weighted by Gasteiger charge is -2.35. The fraction of sp³-hybridized carbons (Fsp3) is 0.238. The Morgan fingerprint density at radius 2 is 1.70 bits per heavy atom. The summed E-state index contributed by atoms with van der Waals surface area (Å²) >= 11 is 5.36. The predicted octanol–water partition coefficient (Wildman–Crippen LogP) is 3.10. The first kappa shape index (κ1) is 21.8. The summed E-state index contributed by atoms with van der Waals surface area (Å²) in [4.78, 5) is 14.3. The molecule has 9 heteroatoms. The number of hydrogen-bond acceptors (Lipinski definition) is 5. The van der Waals surface area contributed by atoms with Gasteiger partial charge >= 0.3 is 5.97 Å². The molecule has 158 valence electrons. The van der Waals surface area contributed by atoms with Crippen LogP contribution in [0.15, 0.2) is 64.7 Å². The van der Waals surface area contributed by atoms with Crippen LogP contribution in [-0.2, 0) is 19.6 Å². The Hall–Kier alpha value is -2.91. The number of carbonyl (C=O) groups is 1. The molecule has 2 aromatic carbocycles. The van der Waals surface area contributed by atoms with Crippen LogP contribution in [0, 0.1) is 6.92 Å². The quantitative estimate of drug-likeness (QED) is 0.540. The molecule has 1 aliphatic heterocycles. The van der Waals surface area contributed by atoms with Gasteiger partial charge in [0, 0.05) is 18.4 Å². The number of sulfonamides is 1. The summed E-state index contributed by atoms with van der Waals surface area (Å²) in [5, 5.41) is 3.62. The van der Waals surface area contributed by atoms with Crippen LogP contribution in [0.25, 0.3) is 0 Å². The Kier molecular flexibility index (Phi) is 6.14. The minimum atomic E-state index is -3.70. The molecule has 0 saturated carbocycles. The second kappa shape index (κ2) is 8.45. The molecule has 0 saturated heterocycles. The van der Waals surface area contributed by atoms with Crippen LogP contribution in [0.4, 0.5) is 5.69 Å². The molecule has 1 aliphatic rings. The van der Waals surface area contributed by atoms with E-state index in [9.17, 15) is 13.2 Å². The van der Waals surface area contributed by atoms with Gasteiger partial charge in [-0.2, -0.15) is 0 Å². The molecule has 0 amide bonds. The van der Waals surface area contributed by atoms with Crippen molar-refractivity contribution in [3.05, 3.63) is 70.9 Å². The highest BCUT2D eigenvalue weighted by atomic mass is 32.2. The summed E-state index contributed by atoms with van der Waals surface area (Å²) in [5.74, 6) is -0.455. The van der Waals surface area contributed by atoms with E-state index in [-0.39, 0.29) is 4.90 Å². The fourth-order valence-electron chi connectivity index (χ4n) is 3.13. The van der Waals surface area contributed by atoms with Gasteiger partial charge in [-0.25, -0.2) is 13.2 Å². The first-order valence-electron chi connectivity index (χ1n) is 9.17. The van der Waals surface area contributed by atoms with E-state index < -0.39 is 22.0 Å². The van der Waals surface area contributed by atoms with Crippen molar-refractivity contribution in [3.63, 3.8) is 0 Å². The summed E-state index contributed by atoms with van der Waals surface area (Å²) in [6.07, 6.45) is 0. The number of nitrogens with zero attached hydrogens (tertiary/aromatic N) is 1. The van der Waals surface area contributed by atoms with Crippen molar-refractivity contribution in [1.82, 2.24) is 10.2 Å². The van der Waals surface area contributed by atoms with Crippen LogP contribution >= 0.6 is 12.2 Å². The molecule has 0 aromatic heterocycles. The molecule has 0 fully saturated rings. The van der Waals surface area contributed by atoms with Crippen LogP contribution in [0.5, 0.6) is 0 Å². The summed E-state index contributed by atoms with van der Waals surface area (Å²) < 4.78 is 32.7. The van der Waals surface area contributed by atoms with E-state index in [4.69, 9.17) is 17.0 Å². The monoisotopic (exact) mass is 445 g/mol. The van der Waals surface area contributed by atoms with Gasteiger partial charge in [-0.05, 0) is 55.9 Å². The molecule has 2 N–H and O–H groups in total. The number of carbonyl (C=O) groups excluding carboxylic acids is 1. The highest BCUT2D eigenvalue weighted by molar-refractivity contribution is 7.92. The zero-order valence-electron chi connectivity index (χ0n) is 17.1. The first-order chi connectivity index (χ1) is 14.1. The lowest BCUT2D eigenvalue weighted by molar-refractivity contribution is -0.136. The maximum absolute atomic E-state index is 12.6. The Morgan fingerprint density at radius 1 is 1.10 bits per heavy atom. The molecular weight excluding hydrogens is 422 g/mol. The molecular formula is C21H23N3O4S2. The van der Waals surface area contributed by atoms with E-state index in [2.05, 4.69) is 10.0 Å². The number of rotatable bonds is 5. The number of benzene rings is 2. The van der Waals surface area contributed by atoms with Gasteiger partial charge < -0.3 is 15.0 Å². The van der Waals surface area contributed by atoms with E-state index in [0.717, 1.165) is 11.1 Å². The van der Waals surface area contributed by atoms with Crippen molar-refractivity contribution in [3.8, 4) is 0 Å². The van der Waals surface area contributed by atoms with Crippen molar-refractivity contribution in [1.29, 1.82) is 0 Å². The van der Waals surface area contributed by atoms with Crippen LogP contribution in [0.3, 0.4) is 0 Å². The number of anilines is 1. The smallest absolute Gasteiger partial charge is 0.337 e. The zero-order valence-corrected chi connectivity index (χ0v) is 18.7. The molecule has 30 heavy (non-hydrogen) atoms. The van der Waals surface area contributed by atoms with Crippen molar-refractivity contribution in [2.45, 2.75) is 24.8 Å². The molecule has 0 radical (unpaired) electrons. The maximum atomic E-state index is 12.6. The average Bonchev–Trinajstić information content (AvgIpc) is 2.72. The van der Waals surface area contributed by atoms with Crippen molar-refractivity contribution in [2.24, 2.45) is 0 Å². The third kappa shape index (κ3) is 4.31. The maximum Gasteiger partial charge on any atom is 0.337 e. The van der Waals surface area contributed by atoms with Crippen molar-refractivity contribution < 1.29 is 17.9 Å². The van der Waals surface area contributed by atoms with Gasteiger partial charge in [-0.1, -0.05) is 29.8 Å². The van der Waals surface area contributed by atoms with E-state index in [1.165, 1.54) is 7.11 Å². The number of aryl methyl sites for hydroxylation is 1. The lowest BCUT2D eigenvalue weighted by Crippen LogP contribution is -2.46. The molecule has 7 nitrogen and oxygen atoms in total. The molecule has 1 atom stereocenters. The second-order valence-electron chi connectivity index (χ2n) is 6.97. The topological polar surface area (TPSA) is 87.7 Å². The number of nitrogens with one attached hydrogen (secondary N) is 2. The number of hydrogen-bond donors (Lipinski definition) is 2. The SMILES string of the molecule is COC(=O)C1=C(C)N(C)C(=S)NC1c1ccc(NS(=O)(=O)c2ccc(C)cc2)cc1. The molecule has 2 aromatic rings. The van der Waals surface area contributed by atoms with E-state index in [1.54, 1.807) is 67.4 Å². The molecule has 0 aliphatic carbocycles. The van der Waals surface area contributed by atoms with Crippen molar-refractivity contribution >= 4 is 39.0 Å². The van der Waals surface area contributed by atoms with Gasteiger partial charge in [-0.15, -0.1) is 0 Å². The van der Waals surface area contributed by atoms with Gasteiger partial charge in [0.2, 0.25) is 0 Å². The van der Waals surface area contributed by atoms with Crippen LogP contribution in [0.2, 0.25) is 0 Å². The Morgan fingerprint density at radius 3 is 2.27 bits per heavy atom. The molecule has 3 rings (SSSR count). The summed E-state index contributed by atoms with van der Waals surface area (Å²) in [6.45, 7) is 3.69. The summed E-state index contributed by atoms with van der Waals surface area (Å²) in [7, 11) is -0.598. The van der Waals surface area contributed by atoms with E-state index in [1.807, 2.05) is 6.92 Å². The molecule has 1 unspecified atom stereocenters. The van der Waals surface area contributed by atoms with Crippen LogP contribution < -0.4 is 10.0 Å². The molecule has 1 heterocycles. The first-order valence-corrected chi connectivity index (χ1v) is 11.1. The number of ether oxygens (including phenoxy) is 1. The third-order valence-corrected chi connectivity index (χ3v) is 6.78. The largest absolute Gasteiger partial charge is 0.466 e. The third-order valence-electron chi connectivity index (χ3n) is 4.99. The minimum Gasteiger partial charge on any atom is -0.466 e. The summed E-state index contributed by atoms with van der Waals surface area (Å²) in [6, 6.07) is 12.9. The second-order valence-corrected chi connectivity index (χ2v) is 9.04. The van der Waals surface area contributed by atoms with Gasteiger partial charge in [-0.3, -0.25) is 4.72 Å². The van der Waals surface area contributed by atoms with E-state index >= 15 is 0 Å². The highest BCUT2D eigenvalue weighted by Gasteiger charge is 2.33. The van der Waals surface area contributed by atoms with Gasteiger partial charge in [0.25, 0.3) is 10.0 Å². The van der Waals surface area contributed by atoms with Crippen molar-refractivity contribution in [2.75, 3.05) is 18.9 Å². The normalized spacial score (nSPS) is 16.9. The molecule has 0 spiro atoms. The highest BCUT2D eigenvalue weighted by Crippen LogP contribution is 2.31. The number of esters is 1. The number of methoxy groups -OCH3 is 1. The minimum absolute atomic E-state index is 0.186. The summed E-state index contributed by atoms with van der Waals surface area (Å²) in [5.41, 5.74) is 3.28. The average molecular weight is 446 g/mol. The Balaban J connectivity index is 1.88. The fourth-order valence-corrected chi connectivity index (χ4v) is 4.45. The lowest BCUT2D eigenvalue weighted by atomic mass is 9.95. The van der Waals surface area contributed by atoms with Gasteiger partial charge in [0.15, 0.2) is 5.11 Å². The van der Waals surface area contributed by atoms with Crippen LogP contribution in [-0.4, -0.2) is 38.6 Å².